The normalized spacial score (nSPS) is 22.1. The summed E-state index contributed by atoms with van der Waals surface area (Å²) in [5, 5.41) is 0.930. The van der Waals surface area contributed by atoms with Gasteiger partial charge in [-0.3, -0.25) is 9.69 Å². The summed E-state index contributed by atoms with van der Waals surface area (Å²) in [7, 11) is 3.54. The molecule has 2 aliphatic rings. The van der Waals surface area contributed by atoms with Crippen molar-refractivity contribution in [2.75, 3.05) is 51.8 Å². The Morgan fingerprint density at radius 2 is 1.92 bits per heavy atom. The van der Waals surface area contributed by atoms with Crippen LogP contribution in [0.4, 0.5) is 5.69 Å². The number of fused-ring (bicyclic) bond motifs is 1. The van der Waals surface area contributed by atoms with Gasteiger partial charge in [-0.05, 0) is 31.0 Å². The van der Waals surface area contributed by atoms with Gasteiger partial charge in [0.2, 0.25) is 11.8 Å². The highest BCUT2D eigenvalue weighted by Crippen LogP contribution is 2.27. The minimum Gasteiger partial charge on any atom is -0.480 e. The van der Waals surface area contributed by atoms with E-state index in [1.807, 2.05) is 18.0 Å². The van der Waals surface area contributed by atoms with Crippen LogP contribution in [0.2, 0.25) is 0 Å². The van der Waals surface area contributed by atoms with Crippen molar-refractivity contribution in [2.24, 2.45) is 0 Å². The topological polar surface area (TPSA) is 61.8 Å². The number of aromatic nitrogens is 2. The standard InChI is InChI=1S/C19H25N5O2/c1-22-7-3-4-17(19(22)25)24-10-8-23(9-11-24)14-5-6-16-15(12-14)18(26-2)21-13-20-16/h5-6,12-13,17H,3-4,7-11H2,1-2H3. The maximum Gasteiger partial charge on any atom is 0.239 e. The summed E-state index contributed by atoms with van der Waals surface area (Å²) >= 11 is 0. The third kappa shape index (κ3) is 3.07. The summed E-state index contributed by atoms with van der Waals surface area (Å²) in [6, 6.07) is 6.27. The highest BCUT2D eigenvalue weighted by Gasteiger charge is 2.33. The number of carbonyl (C=O) groups is 1. The quantitative estimate of drug-likeness (QED) is 0.829. The average Bonchev–Trinajstić information content (AvgIpc) is 2.69. The van der Waals surface area contributed by atoms with Crippen molar-refractivity contribution in [3.8, 4) is 5.88 Å². The predicted octanol–water partition coefficient (Wildman–Crippen LogP) is 1.38. The zero-order valence-corrected chi connectivity index (χ0v) is 15.4. The van der Waals surface area contributed by atoms with E-state index in [9.17, 15) is 4.79 Å². The van der Waals surface area contributed by atoms with Gasteiger partial charge < -0.3 is 14.5 Å². The summed E-state index contributed by atoms with van der Waals surface area (Å²) in [5.41, 5.74) is 2.03. The van der Waals surface area contributed by atoms with E-state index in [-0.39, 0.29) is 11.9 Å². The van der Waals surface area contributed by atoms with Crippen LogP contribution in [0.25, 0.3) is 10.9 Å². The molecule has 7 heteroatoms. The van der Waals surface area contributed by atoms with Gasteiger partial charge in [0.1, 0.15) is 6.33 Å². The summed E-state index contributed by atoms with van der Waals surface area (Å²) in [6.07, 6.45) is 3.60. The van der Waals surface area contributed by atoms with Crippen molar-refractivity contribution in [3.63, 3.8) is 0 Å². The fourth-order valence-electron chi connectivity index (χ4n) is 4.02. The largest absolute Gasteiger partial charge is 0.480 e. The molecule has 4 rings (SSSR count). The SMILES string of the molecule is COc1ncnc2ccc(N3CCN(C4CCCN(C)C4=O)CC3)cc12. The Morgan fingerprint density at radius 3 is 2.69 bits per heavy atom. The first kappa shape index (κ1) is 17.0. The lowest BCUT2D eigenvalue weighted by atomic mass is 10.0. The molecule has 0 spiro atoms. The number of anilines is 1. The number of hydrogen-bond donors (Lipinski definition) is 0. The number of benzene rings is 1. The summed E-state index contributed by atoms with van der Waals surface area (Å²) in [5.74, 6) is 0.878. The third-order valence-corrected chi connectivity index (χ3v) is 5.53. The van der Waals surface area contributed by atoms with Crippen LogP contribution in [0, 0.1) is 0 Å². The van der Waals surface area contributed by atoms with Crippen molar-refractivity contribution in [1.29, 1.82) is 0 Å². The monoisotopic (exact) mass is 355 g/mol. The van der Waals surface area contributed by atoms with E-state index in [2.05, 4.69) is 31.9 Å². The van der Waals surface area contributed by atoms with Crippen molar-refractivity contribution in [2.45, 2.75) is 18.9 Å². The summed E-state index contributed by atoms with van der Waals surface area (Å²) in [6.45, 7) is 4.52. The lowest BCUT2D eigenvalue weighted by molar-refractivity contribution is -0.138. The van der Waals surface area contributed by atoms with Crippen molar-refractivity contribution >= 4 is 22.5 Å². The summed E-state index contributed by atoms with van der Waals surface area (Å²) in [4.78, 5) is 27.5. The van der Waals surface area contributed by atoms with E-state index in [1.54, 1.807) is 7.11 Å². The molecule has 1 atom stereocenters. The third-order valence-electron chi connectivity index (χ3n) is 5.53. The van der Waals surface area contributed by atoms with E-state index in [4.69, 9.17) is 4.74 Å². The van der Waals surface area contributed by atoms with Crippen LogP contribution in [-0.2, 0) is 4.79 Å². The first-order valence-electron chi connectivity index (χ1n) is 9.20. The molecule has 0 aliphatic carbocycles. The van der Waals surface area contributed by atoms with Crippen LogP contribution >= 0.6 is 0 Å². The van der Waals surface area contributed by atoms with Gasteiger partial charge in [0, 0.05) is 45.5 Å². The van der Waals surface area contributed by atoms with Gasteiger partial charge in [0.05, 0.1) is 24.1 Å². The molecular weight excluding hydrogens is 330 g/mol. The first-order chi connectivity index (χ1) is 12.7. The van der Waals surface area contributed by atoms with Crippen LogP contribution in [0.15, 0.2) is 24.5 Å². The molecule has 7 nitrogen and oxygen atoms in total. The maximum atomic E-state index is 12.4. The fourth-order valence-corrected chi connectivity index (χ4v) is 4.02. The number of methoxy groups -OCH3 is 1. The molecule has 0 N–H and O–H groups in total. The Hall–Kier alpha value is -2.41. The second kappa shape index (κ2) is 7.07. The Morgan fingerprint density at radius 1 is 1.12 bits per heavy atom. The number of hydrogen-bond acceptors (Lipinski definition) is 6. The molecule has 2 saturated heterocycles. The Balaban J connectivity index is 1.48. The molecule has 1 unspecified atom stereocenters. The second-order valence-corrected chi connectivity index (χ2v) is 7.03. The number of amides is 1. The Kier molecular flexibility index (Phi) is 4.63. The lowest BCUT2D eigenvalue weighted by Crippen LogP contribution is -2.57. The van der Waals surface area contributed by atoms with Crippen molar-refractivity contribution < 1.29 is 9.53 Å². The molecule has 1 aromatic heterocycles. The van der Waals surface area contributed by atoms with E-state index >= 15 is 0 Å². The number of likely N-dealkylation sites (N-methyl/N-ethyl adjacent to an activating group) is 1. The molecule has 2 aliphatic heterocycles. The van der Waals surface area contributed by atoms with Gasteiger partial charge in [-0.25, -0.2) is 9.97 Å². The van der Waals surface area contributed by atoms with Crippen LogP contribution in [0.5, 0.6) is 5.88 Å². The van der Waals surface area contributed by atoms with Gasteiger partial charge in [-0.2, -0.15) is 0 Å². The molecule has 0 bridgehead atoms. The van der Waals surface area contributed by atoms with E-state index in [0.717, 1.165) is 62.2 Å². The van der Waals surface area contributed by atoms with Gasteiger partial charge in [0.25, 0.3) is 0 Å². The molecule has 1 aromatic carbocycles. The Labute approximate surface area is 153 Å². The highest BCUT2D eigenvalue weighted by molar-refractivity contribution is 5.86. The molecule has 3 heterocycles. The zero-order chi connectivity index (χ0) is 18.1. The van der Waals surface area contributed by atoms with Gasteiger partial charge in [0.15, 0.2) is 0 Å². The minimum atomic E-state index is 0.0565. The number of piperidine rings is 1. The Bertz CT molecular complexity index is 804. The summed E-state index contributed by atoms with van der Waals surface area (Å²) < 4.78 is 5.37. The van der Waals surface area contributed by atoms with Crippen molar-refractivity contribution in [1.82, 2.24) is 19.8 Å². The number of ether oxygens (including phenoxy) is 1. The average molecular weight is 355 g/mol. The molecule has 2 fully saturated rings. The highest BCUT2D eigenvalue weighted by atomic mass is 16.5. The van der Waals surface area contributed by atoms with Crippen molar-refractivity contribution in [3.05, 3.63) is 24.5 Å². The maximum absolute atomic E-state index is 12.4. The first-order valence-corrected chi connectivity index (χ1v) is 9.20. The fraction of sp³-hybridized carbons (Fsp3) is 0.526. The molecule has 138 valence electrons. The van der Waals surface area contributed by atoms with E-state index in [1.165, 1.54) is 6.33 Å². The number of piperazine rings is 1. The van der Waals surface area contributed by atoms with Gasteiger partial charge in [-0.15, -0.1) is 0 Å². The van der Waals surface area contributed by atoms with E-state index in [0.29, 0.717) is 5.88 Å². The number of nitrogens with zero attached hydrogens (tertiary/aromatic N) is 5. The van der Waals surface area contributed by atoms with Crippen LogP contribution in [0.1, 0.15) is 12.8 Å². The molecule has 1 amide bonds. The molecule has 0 saturated carbocycles. The number of likely N-dealkylation sites (tertiary alicyclic amines) is 1. The number of carbonyl (C=O) groups excluding carboxylic acids is 1. The number of rotatable bonds is 3. The molecule has 0 radical (unpaired) electrons. The van der Waals surface area contributed by atoms with Gasteiger partial charge in [-0.1, -0.05) is 0 Å². The second-order valence-electron chi connectivity index (χ2n) is 7.03. The van der Waals surface area contributed by atoms with Crippen LogP contribution in [-0.4, -0.2) is 78.6 Å². The van der Waals surface area contributed by atoms with Crippen LogP contribution < -0.4 is 9.64 Å². The molecule has 26 heavy (non-hydrogen) atoms. The van der Waals surface area contributed by atoms with E-state index < -0.39 is 0 Å². The smallest absolute Gasteiger partial charge is 0.239 e. The predicted molar refractivity (Wildman–Crippen MR) is 101 cm³/mol. The molecule has 2 aromatic rings. The molecular formula is C19H25N5O2. The lowest BCUT2D eigenvalue weighted by Gasteiger charge is -2.42. The zero-order valence-electron chi connectivity index (χ0n) is 15.4. The van der Waals surface area contributed by atoms with Gasteiger partial charge >= 0.3 is 0 Å². The minimum absolute atomic E-state index is 0.0565. The van der Waals surface area contributed by atoms with Crippen LogP contribution in [0.3, 0.4) is 0 Å².